The number of carboxylic acid groups (broad SMARTS) is 1. The number of hydrogen-bond donors (Lipinski definition) is 1. The predicted octanol–water partition coefficient (Wildman–Crippen LogP) is 7.03. The van der Waals surface area contributed by atoms with Crippen LogP contribution in [0.2, 0.25) is 5.22 Å². The molecule has 1 atom stereocenters. The summed E-state index contributed by atoms with van der Waals surface area (Å²) in [5.41, 5.74) is 1.64. The summed E-state index contributed by atoms with van der Waals surface area (Å²) in [6.45, 7) is 0.313. The molecular weight excluding hydrogens is 596 g/mol. The molecule has 0 fully saturated rings. The third kappa shape index (κ3) is 5.62. The van der Waals surface area contributed by atoms with Crippen molar-refractivity contribution in [2.45, 2.75) is 19.1 Å². The van der Waals surface area contributed by atoms with E-state index in [2.05, 4.69) is 25.9 Å². The number of furan rings is 1. The number of carbonyl (C=O) groups is 1. The number of ether oxygens (including phenoxy) is 3. The second-order valence-corrected chi connectivity index (χ2v) is 10.3. The summed E-state index contributed by atoms with van der Waals surface area (Å²) in [5, 5.41) is 10.8. The van der Waals surface area contributed by atoms with Crippen LogP contribution in [0.4, 0.5) is 0 Å². The summed E-state index contributed by atoms with van der Waals surface area (Å²) in [6.07, 6.45) is 0.166. The number of para-hydroxylation sites is 1. The summed E-state index contributed by atoms with van der Waals surface area (Å²) < 4.78 is 23.4. The molecule has 0 amide bonds. The van der Waals surface area contributed by atoms with E-state index in [1.165, 1.54) is 17.7 Å². The van der Waals surface area contributed by atoms with Gasteiger partial charge in [0.25, 0.3) is 0 Å². The second kappa shape index (κ2) is 11.4. The quantitative estimate of drug-likeness (QED) is 0.179. The molecule has 11 heteroatoms. The van der Waals surface area contributed by atoms with Crippen molar-refractivity contribution >= 4 is 55.1 Å². The Labute approximate surface area is 234 Å². The van der Waals surface area contributed by atoms with Crippen LogP contribution in [0.5, 0.6) is 17.4 Å². The molecule has 0 unspecified atom stereocenters. The van der Waals surface area contributed by atoms with Gasteiger partial charge in [-0.2, -0.15) is 0 Å². The van der Waals surface area contributed by atoms with Crippen molar-refractivity contribution in [3.63, 3.8) is 0 Å². The van der Waals surface area contributed by atoms with Gasteiger partial charge in [0.1, 0.15) is 35.0 Å². The minimum absolute atomic E-state index is 0.0576. The largest absolute Gasteiger partial charge is 0.497 e. The van der Waals surface area contributed by atoms with Crippen molar-refractivity contribution in [3.05, 3.63) is 87.8 Å². The number of aromatic nitrogens is 2. The molecule has 8 nitrogen and oxygen atoms in total. The molecule has 3 aromatic heterocycles. The zero-order chi connectivity index (χ0) is 26.6. The van der Waals surface area contributed by atoms with Crippen molar-refractivity contribution in [3.8, 4) is 28.0 Å². The van der Waals surface area contributed by atoms with Crippen LogP contribution in [0.15, 0.2) is 75.9 Å². The number of halogens is 2. The lowest BCUT2D eigenvalue weighted by Gasteiger charge is -2.17. The van der Waals surface area contributed by atoms with Crippen LogP contribution in [-0.4, -0.2) is 34.3 Å². The number of carboxylic acids is 1. The van der Waals surface area contributed by atoms with E-state index in [4.69, 9.17) is 30.2 Å². The minimum Gasteiger partial charge on any atom is -0.497 e. The number of benzene rings is 2. The number of nitrogens with zero attached hydrogens (tertiary/aromatic N) is 2. The van der Waals surface area contributed by atoms with Gasteiger partial charge in [0, 0.05) is 6.42 Å². The van der Waals surface area contributed by atoms with Crippen LogP contribution in [0, 0.1) is 0 Å². The van der Waals surface area contributed by atoms with Crippen molar-refractivity contribution < 1.29 is 28.5 Å². The summed E-state index contributed by atoms with van der Waals surface area (Å²) >= 11 is 10.9. The Balaban J connectivity index is 1.38. The number of rotatable bonds is 10. The molecule has 0 spiro atoms. The summed E-state index contributed by atoms with van der Waals surface area (Å²) in [6, 6.07) is 18.2. The molecule has 2 aromatic carbocycles. The average Bonchev–Trinajstić information content (AvgIpc) is 3.51. The van der Waals surface area contributed by atoms with Crippen LogP contribution in [0.3, 0.4) is 0 Å². The second-order valence-electron chi connectivity index (χ2n) is 8.10. The summed E-state index contributed by atoms with van der Waals surface area (Å²) in [5.74, 6) is 0.886. The molecule has 0 saturated carbocycles. The molecule has 5 aromatic rings. The zero-order valence-corrected chi connectivity index (χ0v) is 23.0. The van der Waals surface area contributed by atoms with Crippen LogP contribution in [-0.2, 0) is 17.8 Å². The maximum absolute atomic E-state index is 12.2. The Kier molecular flexibility index (Phi) is 7.82. The number of hydrogen-bond acceptors (Lipinski definition) is 8. The maximum Gasteiger partial charge on any atom is 0.345 e. The third-order valence-corrected chi connectivity index (χ3v) is 8.02. The Morgan fingerprint density at radius 1 is 1.13 bits per heavy atom. The Hall–Kier alpha value is -3.60. The molecule has 3 heterocycles. The highest BCUT2D eigenvalue weighted by atomic mass is 79.9. The van der Waals surface area contributed by atoms with Gasteiger partial charge in [-0.05, 0) is 69.0 Å². The normalized spacial score (nSPS) is 11.9. The Morgan fingerprint density at radius 3 is 2.63 bits per heavy atom. The number of thiophene rings is 1. The van der Waals surface area contributed by atoms with Crippen LogP contribution in [0.25, 0.3) is 20.9 Å². The van der Waals surface area contributed by atoms with E-state index in [1.54, 1.807) is 25.3 Å². The fraction of sp³-hybridized carbons (Fsp3) is 0.148. The SMILES string of the molecule is COc1ccc(COc2ccccc2C[C@@H](Oc2ncnc3sc(-c4ccc(Cl)o4)c(Br)c23)C(=O)O)cc1. The van der Waals surface area contributed by atoms with Gasteiger partial charge in [-0.1, -0.05) is 30.3 Å². The highest BCUT2D eigenvalue weighted by molar-refractivity contribution is 9.10. The fourth-order valence-corrected chi connectivity index (χ4v) is 5.83. The smallest absolute Gasteiger partial charge is 0.345 e. The number of methoxy groups -OCH3 is 1. The van der Waals surface area contributed by atoms with Gasteiger partial charge in [-0.15, -0.1) is 11.3 Å². The van der Waals surface area contributed by atoms with Gasteiger partial charge in [-0.25, -0.2) is 14.8 Å². The van der Waals surface area contributed by atoms with E-state index < -0.39 is 12.1 Å². The minimum atomic E-state index is -1.23. The van der Waals surface area contributed by atoms with E-state index in [1.807, 2.05) is 42.5 Å². The number of fused-ring (bicyclic) bond motifs is 1. The summed E-state index contributed by atoms with van der Waals surface area (Å²) in [7, 11) is 1.61. The monoisotopic (exact) mass is 614 g/mol. The lowest BCUT2D eigenvalue weighted by atomic mass is 10.1. The first-order valence-electron chi connectivity index (χ1n) is 11.3. The first-order valence-corrected chi connectivity index (χ1v) is 13.3. The van der Waals surface area contributed by atoms with Crippen LogP contribution >= 0.6 is 38.9 Å². The molecule has 194 valence electrons. The van der Waals surface area contributed by atoms with Gasteiger partial charge < -0.3 is 23.7 Å². The fourth-order valence-electron chi connectivity index (χ4n) is 3.77. The van der Waals surface area contributed by atoms with Crippen molar-refractivity contribution in [1.82, 2.24) is 9.97 Å². The number of aliphatic carboxylic acids is 1. The topological polar surface area (TPSA) is 104 Å². The molecule has 0 radical (unpaired) electrons. The molecule has 0 aliphatic rings. The van der Waals surface area contributed by atoms with Crippen molar-refractivity contribution in [2.75, 3.05) is 7.11 Å². The van der Waals surface area contributed by atoms with Gasteiger partial charge >= 0.3 is 5.97 Å². The highest BCUT2D eigenvalue weighted by Gasteiger charge is 2.26. The Morgan fingerprint density at radius 2 is 1.92 bits per heavy atom. The lowest BCUT2D eigenvalue weighted by Crippen LogP contribution is -2.30. The van der Waals surface area contributed by atoms with E-state index in [0.717, 1.165) is 16.2 Å². The van der Waals surface area contributed by atoms with E-state index >= 15 is 0 Å². The molecule has 5 rings (SSSR count). The predicted molar refractivity (Wildman–Crippen MR) is 147 cm³/mol. The van der Waals surface area contributed by atoms with E-state index in [0.29, 0.717) is 38.4 Å². The van der Waals surface area contributed by atoms with E-state index in [9.17, 15) is 9.90 Å². The Bertz CT molecular complexity index is 1590. The first kappa shape index (κ1) is 26.0. The van der Waals surface area contributed by atoms with Crippen molar-refractivity contribution in [1.29, 1.82) is 0 Å². The van der Waals surface area contributed by atoms with Crippen LogP contribution < -0.4 is 14.2 Å². The molecule has 0 bridgehead atoms. The van der Waals surface area contributed by atoms with Gasteiger partial charge in [0.2, 0.25) is 12.0 Å². The highest BCUT2D eigenvalue weighted by Crippen LogP contribution is 2.45. The molecule has 1 N–H and O–H groups in total. The average molecular weight is 616 g/mol. The maximum atomic E-state index is 12.2. The van der Waals surface area contributed by atoms with Gasteiger partial charge in [0.15, 0.2) is 5.22 Å². The summed E-state index contributed by atoms with van der Waals surface area (Å²) in [4.78, 5) is 22.2. The molecule has 0 aliphatic carbocycles. The van der Waals surface area contributed by atoms with E-state index in [-0.39, 0.29) is 17.5 Å². The van der Waals surface area contributed by atoms with Crippen LogP contribution in [0.1, 0.15) is 11.1 Å². The van der Waals surface area contributed by atoms with Crippen molar-refractivity contribution in [2.24, 2.45) is 0 Å². The molecular formula is C27H20BrClN2O6S. The molecule has 0 saturated heterocycles. The first-order chi connectivity index (χ1) is 18.4. The lowest BCUT2D eigenvalue weighted by molar-refractivity contribution is -0.145. The molecule has 0 aliphatic heterocycles. The zero-order valence-electron chi connectivity index (χ0n) is 19.9. The van der Waals surface area contributed by atoms with Gasteiger partial charge in [0.05, 0.1) is 21.8 Å². The third-order valence-electron chi connectivity index (χ3n) is 5.65. The standard InChI is InChI=1S/C27H20BrClN2O6S/c1-34-17-8-6-15(7-9-17)13-35-18-5-3-2-4-16(18)12-20(27(32)33)37-25-22-23(28)24(19-10-11-21(29)36-19)38-26(22)31-14-30-25/h2-11,14,20H,12-13H2,1H3,(H,32,33)/t20-/m1/s1. The molecule has 38 heavy (non-hydrogen) atoms. The van der Waals surface area contributed by atoms with Gasteiger partial charge in [-0.3, -0.25) is 0 Å².